The van der Waals surface area contributed by atoms with Crippen LogP contribution in [0.25, 0.3) is 0 Å². The van der Waals surface area contributed by atoms with Crippen LogP contribution in [0.15, 0.2) is 47.7 Å². The summed E-state index contributed by atoms with van der Waals surface area (Å²) < 4.78 is 11.5. The van der Waals surface area contributed by atoms with Crippen LogP contribution in [0, 0.1) is 0 Å². The summed E-state index contributed by atoms with van der Waals surface area (Å²) in [5, 5.41) is 4.16. The molecule has 0 atom stereocenters. The molecule has 2 rings (SSSR count). The number of nitrogens with zero attached hydrogens (tertiary/aromatic N) is 2. The highest BCUT2D eigenvalue weighted by Gasteiger charge is 2.10. The van der Waals surface area contributed by atoms with Crippen molar-refractivity contribution in [2.24, 2.45) is 5.10 Å². The molecule has 0 spiro atoms. The first kappa shape index (κ1) is 19.4. The minimum absolute atomic E-state index is 0.319. The van der Waals surface area contributed by atoms with Crippen molar-refractivity contribution in [1.82, 2.24) is 10.4 Å². The van der Waals surface area contributed by atoms with Crippen LogP contribution in [0.1, 0.15) is 49.7 Å². The lowest BCUT2D eigenvalue weighted by molar-refractivity contribution is 0.0950. The predicted molar refractivity (Wildman–Crippen MR) is 102 cm³/mol. The fraction of sp³-hybridized carbons (Fsp3) is 0.350. The van der Waals surface area contributed by atoms with E-state index >= 15 is 0 Å². The Kier molecular flexibility index (Phi) is 7.61. The Morgan fingerprint density at radius 2 is 1.81 bits per heavy atom. The monoisotopic (exact) mass is 355 g/mol. The van der Waals surface area contributed by atoms with Crippen molar-refractivity contribution in [3.63, 3.8) is 0 Å². The van der Waals surface area contributed by atoms with E-state index in [0.29, 0.717) is 30.4 Å². The molecular formula is C20H25N3O3. The van der Waals surface area contributed by atoms with Crippen molar-refractivity contribution in [2.45, 2.75) is 33.6 Å². The second-order valence-electron chi connectivity index (χ2n) is 5.71. The highest BCUT2D eigenvalue weighted by atomic mass is 16.5. The van der Waals surface area contributed by atoms with Gasteiger partial charge in [0.1, 0.15) is 5.69 Å². The summed E-state index contributed by atoms with van der Waals surface area (Å²) >= 11 is 0. The van der Waals surface area contributed by atoms with E-state index in [-0.39, 0.29) is 5.91 Å². The second kappa shape index (κ2) is 10.2. The third kappa shape index (κ3) is 5.58. The molecule has 0 unspecified atom stereocenters. The van der Waals surface area contributed by atoms with Crippen molar-refractivity contribution >= 4 is 11.6 Å². The number of hydrogen-bond acceptors (Lipinski definition) is 5. The molecule has 0 aliphatic carbocycles. The third-order valence-corrected chi connectivity index (χ3v) is 3.51. The SMILES string of the molecule is CCCOc1ccc(/C(C)=N\NC(=O)c2ccccn2)cc1OCCC. The number of nitrogens with one attached hydrogen (secondary N) is 1. The van der Waals surface area contributed by atoms with Gasteiger partial charge in [0.25, 0.3) is 5.91 Å². The van der Waals surface area contributed by atoms with E-state index in [1.165, 1.54) is 0 Å². The topological polar surface area (TPSA) is 72.8 Å². The van der Waals surface area contributed by atoms with E-state index in [0.717, 1.165) is 24.2 Å². The van der Waals surface area contributed by atoms with Gasteiger partial charge in [-0.05, 0) is 50.1 Å². The molecule has 1 aromatic carbocycles. The molecule has 1 aromatic heterocycles. The first-order valence-corrected chi connectivity index (χ1v) is 8.81. The second-order valence-corrected chi connectivity index (χ2v) is 5.71. The maximum Gasteiger partial charge on any atom is 0.289 e. The van der Waals surface area contributed by atoms with Gasteiger partial charge in [0.2, 0.25) is 0 Å². The average Bonchev–Trinajstić information content (AvgIpc) is 2.69. The van der Waals surface area contributed by atoms with Gasteiger partial charge in [-0.15, -0.1) is 0 Å². The van der Waals surface area contributed by atoms with E-state index < -0.39 is 0 Å². The van der Waals surface area contributed by atoms with Crippen LogP contribution in [0.2, 0.25) is 0 Å². The van der Waals surface area contributed by atoms with Crippen LogP contribution in [0.3, 0.4) is 0 Å². The number of benzene rings is 1. The van der Waals surface area contributed by atoms with Gasteiger partial charge >= 0.3 is 0 Å². The molecule has 0 fully saturated rings. The van der Waals surface area contributed by atoms with Gasteiger partial charge in [-0.2, -0.15) is 5.10 Å². The molecule has 0 aliphatic heterocycles. The Bertz CT molecular complexity index is 745. The molecule has 0 saturated heterocycles. The molecular weight excluding hydrogens is 330 g/mol. The van der Waals surface area contributed by atoms with Gasteiger partial charge in [-0.25, -0.2) is 5.43 Å². The van der Waals surface area contributed by atoms with Crippen molar-refractivity contribution < 1.29 is 14.3 Å². The summed E-state index contributed by atoms with van der Waals surface area (Å²) in [5.74, 6) is 1.05. The molecule has 0 aliphatic rings. The summed E-state index contributed by atoms with van der Waals surface area (Å²) in [4.78, 5) is 16.0. The smallest absolute Gasteiger partial charge is 0.289 e. The molecule has 138 valence electrons. The lowest BCUT2D eigenvalue weighted by atomic mass is 10.1. The zero-order valence-corrected chi connectivity index (χ0v) is 15.5. The Morgan fingerprint density at radius 1 is 1.08 bits per heavy atom. The van der Waals surface area contributed by atoms with Crippen LogP contribution in [0.4, 0.5) is 0 Å². The molecule has 1 heterocycles. The number of hydrazone groups is 1. The summed E-state index contributed by atoms with van der Waals surface area (Å²) in [6.07, 6.45) is 3.40. The number of carbonyl (C=O) groups is 1. The van der Waals surface area contributed by atoms with Crippen LogP contribution in [-0.4, -0.2) is 29.8 Å². The van der Waals surface area contributed by atoms with Crippen LogP contribution in [-0.2, 0) is 0 Å². The van der Waals surface area contributed by atoms with Gasteiger partial charge in [-0.1, -0.05) is 19.9 Å². The van der Waals surface area contributed by atoms with Gasteiger partial charge in [0.05, 0.1) is 18.9 Å². The van der Waals surface area contributed by atoms with Gasteiger partial charge in [0.15, 0.2) is 11.5 Å². The molecule has 26 heavy (non-hydrogen) atoms. The van der Waals surface area contributed by atoms with E-state index in [9.17, 15) is 4.79 Å². The minimum Gasteiger partial charge on any atom is -0.490 e. The summed E-state index contributed by atoms with van der Waals surface area (Å²) in [6.45, 7) is 7.18. The normalized spacial score (nSPS) is 11.1. The first-order chi connectivity index (χ1) is 12.7. The van der Waals surface area contributed by atoms with E-state index in [4.69, 9.17) is 9.47 Å². The van der Waals surface area contributed by atoms with Crippen molar-refractivity contribution in [3.05, 3.63) is 53.9 Å². The maximum atomic E-state index is 12.0. The lowest BCUT2D eigenvalue weighted by Gasteiger charge is -2.13. The number of pyridine rings is 1. The number of ether oxygens (including phenoxy) is 2. The Labute approximate surface area is 154 Å². The predicted octanol–water partition coefficient (Wildman–Crippen LogP) is 3.81. The van der Waals surface area contributed by atoms with E-state index in [1.807, 2.05) is 25.1 Å². The largest absolute Gasteiger partial charge is 0.490 e. The molecule has 0 bridgehead atoms. The summed E-state index contributed by atoms with van der Waals surface area (Å²) in [7, 11) is 0. The van der Waals surface area contributed by atoms with Crippen molar-refractivity contribution in [1.29, 1.82) is 0 Å². The number of amides is 1. The Hall–Kier alpha value is -2.89. The molecule has 2 aromatic rings. The summed E-state index contributed by atoms with van der Waals surface area (Å²) in [6, 6.07) is 10.8. The van der Waals surface area contributed by atoms with Gasteiger partial charge < -0.3 is 9.47 Å². The summed E-state index contributed by atoms with van der Waals surface area (Å²) in [5.41, 5.74) is 4.35. The average molecular weight is 355 g/mol. The lowest BCUT2D eigenvalue weighted by Crippen LogP contribution is -2.20. The highest BCUT2D eigenvalue weighted by Crippen LogP contribution is 2.29. The third-order valence-electron chi connectivity index (χ3n) is 3.51. The minimum atomic E-state index is -0.352. The number of rotatable bonds is 9. The number of aromatic nitrogens is 1. The zero-order chi connectivity index (χ0) is 18.8. The number of hydrogen-bond donors (Lipinski definition) is 1. The molecule has 6 nitrogen and oxygen atoms in total. The van der Waals surface area contributed by atoms with E-state index in [1.54, 1.807) is 24.4 Å². The Morgan fingerprint density at radius 3 is 2.46 bits per heavy atom. The molecule has 0 radical (unpaired) electrons. The fourth-order valence-electron chi connectivity index (χ4n) is 2.14. The molecule has 1 N–H and O–H groups in total. The Balaban J connectivity index is 2.13. The van der Waals surface area contributed by atoms with Crippen molar-refractivity contribution in [2.75, 3.05) is 13.2 Å². The molecule has 6 heteroatoms. The highest BCUT2D eigenvalue weighted by molar-refractivity contribution is 6.00. The van der Waals surface area contributed by atoms with Crippen LogP contribution < -0.4 is 14.9 Å². The molecule has 1 amide bonds. The zero-order valence-electron chi connectivity index (χ0n) is 15.5. The van der Waals surface area contributed by atoms with Crippen molar-refractivity contribution in [3.8, 4) is 11.5 Å². The van der Waals surface area contributed by atoms with Gasteiger partial charge in [-0.3, -0.25) is 9.78 Å². The van der Waals surface area contributed by atoms with E-state index in [2.05, 4.69) is 29.4 Å². The van der Waals surface area contributed by atoms with Gasteiger partial charge in [0, 0.05) is 11.8 Å². The quantitative estimate of drug-likeness (QED) is 0.548. The van der Waals surface area contributed by atoms with Crippen LogP contribution in [0.5, 0.6) is 11.5 Å². The first-order valence-electron chi connectivity index (χ1n) is 8.81. The standard InChI is InChI=1S/C20H25N3O3/c1-4-12-25-18-10-9-16(14-19(18)26-13-5-2)15(3)22-23-20(24)17-8-6-7-11-21-17/h6-11,14H,4-5,12-13H2,1-3H3,(H,23,24)/b22-15-. The molecule has 0 saturated carbocycles. The maximum absolute atomic E-state index is 12.0. The number of carbonyl (C=O) groups excluding carboxylic acids is 1. The fourth-order valence-corrected chi connectivity index (χ4v) is 2.14. The van der Waals surface area contributed by atoms with Crippen LogP contribution >= 0.6 is 0 Å².